The quantitative estimate of drug-likeness (QED) is 0.338. The third kappa shape index (κ3) is 4.15. The van der Waals surface area contributed by atoms with Gasteiger partial charge >= 0.3 is 6.01 Å². The van der Waals surface area contributed by atoms with Gasteiger partial charge in [-0.3, -0.25) is 4.90 Å². The average molecular weight is 641 g/mol. The zero-order chi connectivity index (χ0) is 29.9. The molecule has 1 saturated carbocycles. The van der Waals surface area contributed by atoms with E-state index in [1.807, 2.05) is 0 Å². The molecule has 0 spiro atoms. The first-order valence-corrected chi connectivity index (χ1v) is 16.8. The molecular formula is C33H36Cl2FN5O3. The van der Waals surface area contributed by atoms with E-state index in [-0.39, 0.29) is 51.4 Å². The van der Waals surface area contributed by atoms with Crippen LogP contribution < -0.4 is 19.7 Å². The van der Waals surface area contributed by atoms with E-state index in [1.54, 1.807) is 6.07 Å². The van der Waals surface area contributed by atoms with Crippen molar-refractivity contribution >= 4 is 39.9 Å². The molecule has 11 heteroatoms. The van der Waals surface area contributed by atoms with E-state index in [0.29, 0.717) is 52.7 Å². The maximum atomic E-state index is 17.1. The summed E-state index contributed by atoms with van der Waals surface area (Å²) in [7, 11) is 0. The van der Waals surface area contributed by atoms with Crippen LogP contribution in [0.1, 0.15) is 63.4 Å². The van der Waals surface area contributed by atoms with Gasteiger partial charge in [-0.25, -0.2) is 4.39 Å². The summed E-state index contributed by atoms with van der Waals surface area (Å²) in [6, 6.07) is 3.81. The molecular weight excluding hydrogens is 604 g/mol. The lowest BCUT2D eigenvalue weighted by molar-refractivity contribution is 0.107. The van der Waals surface area contributed by atoms with Crippen molar-refractivity contribution in [2.45, 2.75) is 81.5 Å². The van der Waals surface area contributed by atoms with E-state index in [2.05, 4.69) is 22.0 Å². The van der Waals surface area contributed by atoms with Crippen LogP contribution in [0.5, 0.6) is 17.5 Å². The maximum absolute atomic E-state index is 17.1. The number of phenolic OH excluding ortho intramolecular Hbond substituents is 1. The molecule has 8 nitrogen and oxygen atoms in total. The van der Waals surface area contributed by atoms with Crippen LogP contribution in [0, 0.1) is 11.7 Å². The summed E-state index contributed by atoms with van der Waals surface area (Å²) >= 11 is 13.8. The predicted molar refractivity (Wildman–Crippen MR) is 168 cm³/mol. The molecule has 6 aliphatic rings. The largest absolute Gasteiger partial charge is 0.508 e. The lowest BCUT2D eigenvalue weighted by atomic mass is 9.92. The lowest BCUT2D eigenvalue weighted by Crippen LogP contribution is -2.60. The minimum Gasteiger partial charge on any atom is -0.508 e. The third-order valence-electron chi connectivity index (χ3n) is 11.0. The fourth-order valence-electron chi connectivity index (χ4n) is 9.00. The van der Waals surface area contributed by atoms with Crippen molar-refractivity contribution in [2.75, 3.05) is 37.7 Å². The van der Waals surface area contributed by atoms with E-state index in [9.17, 15) is 5.11 Å². The van der Waals surface area contributed by atoms with E-state index in [1.165, 1.54) is 6.07 Å². The van der Waals surface area contributed by atoms with Crippen molar-refractivity contribution in [3.8, 4) is 28.6 Å². The van der Waals surface area contributed by atoms with Crippen LogP contribution in [0.3, 0.4) is 0 Å². The standard InChI is InChI=1S/C33H36Cl2FN5O3/c1-16-11-33(7-2-8-40(33)12-16)15-44-32-38-29-26-30(43-14-23-22-6-5-18(37-22)13-41(23)31(26)39-32)27(35)25(28(29)36)20-9-19(42)10-21(34)24(20)17-3-4-17/h9-10,16-18,22-23,37,42H,2-8,11-15H2,1H3. The number of nitrogens with one attached hydrogen (secondary N) is 1. The fourth-order valence-corrected chi connectivity index (χ4v) is 9.71. The molecule has 5 unspecified atom stereocenters. The van der Waals surface area contributed by atoms with Crippen LogP contribution >= 0.6 is 23.2 Å². The summed E-state index contributed by atoms with van der Waals surface area (Å²) in [5, 5.41) is 15.3. The van der Waals surface area contributed by atoms with Gasteiger partial charge in [-0.2, -0.15) is 9.97 Å². The highest BCUT2D eigenvalue weighted by atomic mass is 35.5. The second-order valence-electron chi connectivity index (χ2n) is 14.0. The monoisotopic (exact) mass is 639 g/mol. The Kier molecular flexibility index (Phi) is 6.27. The highest BCUT2D eigenvalue weighted by Crippen LogP contribution is 2.54. The highest BCUT2D eigenvalue weighted by Gasteiger charge is 2.48. The van der Waals surface area contributed by atoms with Gasteiger partial charge in [-0.15, -0.1) is 0 Å². The van der Waals surface area contributed by atoms with Gasteiger partial charge in [0.1, 0.15) is 30.3 Å². The number of fused-ring (bicyclic) bond motifs is 6. The van der Waals surface area contributed by atoms with Gasteiger partial charge in [0.05, 0.1) is 22.0 Å². The number of anilines is 1. The van der Waals surface area contributed by atoms with Gasteiger partial charge in [0.2, 0.25) is 0 Å². The molecule has 2 N–H and O–H groups in total. The van der Waals surface area contributed by atoms with Gasteiger partial charge in [-0.1, -0.05) is 30.1 Å². The Hall–Kier alpha value is -2.59. The summed E-state index contributed by atoms with van der Waals surface area (Å²) < 4.78 is 30.1. The van der Waals surface area contributed by atoms with Crippen molar-refractivity contribution in [1.29, 1.82) is 0 Å². The van der Waals surface area contributed by atoms with E-state index < -0.39 is 5.82 Å². The molecule has 3 aromatic rings. The number of phenols is 1. The molecule has 4 saturated heterocycles. The number of aromatic hydroxyl groups is 1. The van der Waals surface area contributed by atoms with Crippen LogP contribution in [0.15, 0.2) is 12.1 Å². The molecule has 2 bridgehead atoms. The summed E-state index contributed by atoms with van der Waals surface area (Å²) in [4.78, 5) is 14.6. The molecule has 232 valence electrons. The van der Waals surface area contributed by atoms with Crippen LogP contribution in [0.25, 0.3) is 22.0 Å². The normalized spacial score (nSPS) is 30.8. The first-order valence-electron chi connectivity index (χ1n) is 16.1. The SMILES string of the molecule is CC1CN2CCCC2(COc2nc3c4c(c(Cl)c(-c5cc(O)cc(Cl)c5C5CC5)c(F)c4n2)OCC2C4CCC(CN32)N4)C1. The Morgan fingerprint density at radius 1 is 1.18 bits per heavy atom. The Labute approximate surface area is 265 Å². The first-order chi connectivity index (χ1) is 21.3. The maximum Gasteiger partial charge on any atom is 0.319 e. The minimum atomic E-state index is -0.582. The zero-order valence-corrected chi connectivity index (χ0v) is 26.2. The second-order valence-corrected chi connectivity index (χ2v) is 14.8. The molecule has 1 aliphatic carbocycles. The highest BCUT2D eigenvalue weighted by molar-refractivity contribution is 6.37. The Morgan fingerprint density at radius 2 is 2.05 bits per heavy atom. The van der Waals surface area contributed by atoms with Crippen LogP contribution in [0.4, 0.5) is 10.2 Å². The number of nitrogens with zero attached hydrogens (tertiary/aromatic N) is 4. The smallest absolute Gasteiger partial charge is 0.319 e. The fraction of sp³-hybridized carbons (Fsp3) is 0.576. The molecule has 1 aromatic heterocycles. The third-order valence-corrected chi connectivity index (χ3v) is 11.7. The molecule has 2 aromatic carbocycles. The summed E-state index contributed by atoms with van der Waals surface area (Å²) in [5.74, 6) is 1.15. The van der Waals surface area contributed by atoms with Gasteiger partial charge in [0.25, 0.3) is 0 Å². The van der Waals surface area contributed by atoms with E-state index in [0.717, 1.165) is 70.1 Å². The van der Waals surface area contributed by atoms with Crippen LogP contribution in [-0.2, 0) is 0 Å². The Balaban J connectivity index is 1.24. The molecule has 9 rings (SSSR count). The van der Waals surface area contributed by atoms with Crippen molar-refractivity contribution < 1.29 is 19.0 Å². The molecule has 0 amide bonds. The van der Waals surface area contributed by atoms with Gasteiger partial charge < -0.3 is 24.8 Å². The molecule has 5 aliphatic heterocycles. The number of piperazine rings is 1. The van der Waals surface area contributed by atoms with Crippen molar-refractivity contribution in [3.05, 3.63) is 33.6 Å². The minimum absolute atomic E-state index is 0.00603. The van der Waals surface area contributed by atoms with Crippen LogP contribution in [0.2, 0.25) is 10.0 Å². The van der Waals surface area contributed by atoms with Gasteiger partial charge in [-0.05, 0) is 86.6 Å². The number of hydrogen-bond acceptors (Lipinski definition) is 8. The topological polar surface area (TPSA) is 83.0 Å². The average Bonchev–Trinajstić information content (AvgIpc) is 3.57. The molecule has 44 heavy (non-hydrogen) atoms. The second kappa shape index (κ2) is 9.95. The molecule has 5 fully saturated rings. The van der Waals surface area contributed by atoms with Crippen molar-refractivity contribution in [2.24, 2.45) is 5.92 Å². The predicted octanol–water partition coefficient (Wildman–Crippen LogP) is 6.28. The zero-order valence-electron chi connectivity index (χ0n) is 24.7. The number of ether oxygens (including phenoxy) is 2. The van der Waals surface area contributed by atoms with Gasteiger partial charge in [0.15, 0.2) is 11.6 Å². The first kappa shape index (κ1) is 27.7. The molecule has 6 heterocycles. The molecule has 5 atom stereocenters. The summed E-state index contributed by atoms with van der Waals surface area (Å²) in [6.45, 7) is 6.03. The number of halogens is 3. The van der Waals surface area contributed by atoms with Crippen molar-refractivity contribution in [1.82, 2.24) is 20.2 Å². The Bertz CT molecular complexity index is 1700. The summed E-state index contributed by atoms with van der Waals surface area (Å²) in [6.07, 6.45) is 7.32. The van der Waals surface area contributed by atoms with E-state index in [4.69, 9.17) is 42.6 Å². The number of hydrogen-bond donors (Lipinski definition) is 2. The van der Waals surface area contributed by atoms with Gasteiger partial charge in [0, 0.05) is 35.8 Å². The van der Waals surface area contributed by atoms with Crippen LogP contribution in [-0.4, -0.2) is 76.5 Å². The lowest BCUT2D eigenvalue weighted by Gasteiger charge is -2.40. The number of rotatable bonds is 5. The van der Waals surface area contributed by atoms with Crippen molar-refractivity contribution in [3.63, 3.8) is 0 Å². The molecule has 0 radical (unpaired) electrons. The summed E-state index contributed by atoms with van der Waals surface area (Å²) in [5.41, 5.74) is 1.51. The number of benzene rings is 2. The Morgan fingerprint density at radius 3 is 2.89 bits per heavy atom. The van der Waals surface area contributed by atoms with E-state index >= 15 is 4.39 Å². The number of aromatic nitrogens is 2.